The van der Waals surface area contributed by atoms with Crippen molar-refractivity contribution in [3.63, 3.8) is 0 Å². The highest BCUT2D eigenvalue weighted by atomic mass is 19.4. The number of nitrogens with zero attached hydrogens (tertiary/aromatic N) is 1. The zero-order valence-corrected chi connectivity index (χ0v) is 9.56. The molecule has 6 heteroatoms. The van der Waals surface area contributed by atoms with E-state index in [9.17, 15) is 23.1 Å². The molecule has 16 heavy (non-hydrogen) atoms. The van der Waals surface area contributed by atoms with E-state index in [0.717, 1.165) is 4.90 Å². The first-order valence-electron chi connectivity index (χ1n) is 5.06. The Hall–Kier alpha value is -0.780. The average Bonchev–Trinajstić information content (AvgIpc) is 2.45. The number of hydrogen-bond acceptors (Lipinski definition) is 2. The summed E-state index contributed by atoms with van der Waals surface area (Å²) >= 11 is 0. The SMILES string of the molecule is CC(C)(C)C(=O)N1CC[C@@](O)(C(F)(F)F)C1. The number of hydrogen-bond donors (Lipinski definition) is 1. The molecule has 1 rings (SSSR count). The fourth-order valence-corrected chi connectivity index (χ4v) is 1.67. The van der Waals surface area contributed by atoms with Crippen LogP contribution in [0.2, 0.25) is 0 Å². The maximum absolute atomic E-state index is 12.5. The Bertz CT molecular complexity index is 295. The van der Waals surface area contributed by atoms with Gasteiger partial charge >= 0.3 is 6.18 Å². The second-order valence-corrected chi connectivity index (χ2v) is 5.26. The topological polar surface area (TPSA) is 40.5 Å². The fraction of sp³-hybridized carbons (Fsp3) is 0.900. The summed E-state index contributed by atoms with van der Waals surface area (Å²) in [6, 6.07) is 0. The minimum atomic E-state index is -4.68. The first-order valence-corrected chi connectivity index (χ1v) is 5.06. The zero-order valence-electron chi connectivity index (χ0n) is 9.56. The number of halogens is 3. The second-order valence-electron chi connectivity index (χ2n) is 5.26. The van der Waals surface area contributed by atoms with Crippen molar-refractivity contribution in [1.82, 2.24) is 4.90 Å². The minimum Gasteiger partial charge on any atom is -0.379 e. The molecule has 0 saturated carbocycles. The third-order valence-corrected chi connectivity index (χ3v) is 2.70. The van der Waals surface area contributed by atoms with Crippen LogP contribution in [0.25, 0.3) is 0 Å². The van der Waals surface area contributed by atoms with Crippen LogP contribution in [0, 0.1) is 5.41 Å². The van der Waals surface area contributed by atoms with E-state index in [2.05, 4.69) is 0 Å². The molecule has 0 spiro atoms. The van der Waals surface area contributed by atoms with E-state index in [1.54, 1.807) is 20.8 Å². The molecule has 1 heterocycles. The second kappa shape index (κ2) is 3.61. The van der Waals surface area contributed by atoms with Gasteiger partial charge in [-0.15, -0.1) is 0 Å². The number of β-amino-alcohol motifs (C(OH)–C–C–N with tert-alkyl or cyclic N) is 1. The molecular weight excluding hydrogens is 223 g/mol. The molecule has 94 valence electrons. The Kier molecular flexibility index (Phi) is 3.00. The van der Waals surface area contributed by atoms with Gasteiger partial charge in [0.25, 0.3) is 0 Å². The van der Waals surface area contributed by atoms with Gasteiger partial charge in [-0.1, -0.05) is 20.8 Å². The lowest BCUT2D eigenvalue weighted by atomic mass is 9.95. The summed E-state index contributed by atoms with van der Waals surface area (Å²) < 4.78 is 37.5. The van der Waals surface area contributed by atoms with Crippen molar-refractivity contribution in [2.24, 2.45) is 5.41 Å². The van der Waals surface area contributed by atoms with Crippen LogP contribution in [-0.2, 0) is 4.79 Å². The average molecular weight is 239 g/mol. The molecule has 1 saturated heterocycles. The molecule has 0 radical (unpaired) electrons. The van der Waals surface area contributed by atoms with Gasteiger partial charge < -0.3 is 10.0 Å². The van der Waals surface area contributed by atoms with Gasteiger partial charge in [0.1, 0.15) is 0 Å². The summed E-state index contributed by atoms with van der Waals surface area (Å²) in [6.45, 7) is 4.21. The Morgan fingerprint density at radius 3 is 2.12 bits per heavy atom. The van der Waals surface area contributed by atoms with Crippen molar-refractivity contribution < 1.29 is 23.1 Å². The van der Waals surface area contributed by atoms with Gasteiger partial charge in [0.15, 0.2) is 5.60 Å². The van der Waals surface area contributed by atoms with Crippen molar-refractivity contribution in [3.05, 3.63) is 0 Å². The predicted molar refractivity (Wildman–Crippen MR) is 51.7 cm³/mol. The molecule has 0 aromatic heterocycles. The predicted octanol–water partition coefficient (Wildman–Crippen LogP) is 1.56. The lowest BCUT2D eigenvalue weighted by molar-refractivity contribution is -0.253. The number of aliphatic hydroxyl groups is 1. The highest BCUT2D eigenvalue weighted by molar-refractivity contribution is 5.81. The largest absolute Gasteiger partial charge is 0.419 e. The van der Waals surface area contributed by atoms with Crippen LogP contribution in [0.3, 0.4) is 0 Å². The van der Waals surface area contributed by atoms with Crippen LogP contribution >= 0.6 is 0 Å². The molecule has 0 aromatic rings. The first-order chi connectivity index (χ1) is 6.97. The van der Waals surface area contributed by atoms with Crippen LogP contribution in [0.5, 0.6) is 0 Å². The van der Waals surface area contributed by atoms with E-state index in [-0.39, 0.29) is 12.5 Å². The van der Waals surface area contributed by atoms with Crippen LogP contribution in [0.15, 0.2) is 0 Å². The van der Waals surface area contributed by atoms with Crippen LogP contribution in [-0.4, -0.2) is 40.8 Å². The Morgan fingerprint density at radius 1 is 1.31 bits per heavy atom. The van der Waals surface area contributed by atoms with Crippen molar-refractivity contribution in [1.29, 1.82) is 0 Å². The molecule has 0 bridgehead atoms. The third kappa shape index (κ3) is 2.31. The smallest absolute Gasteiger partial charge is 0.379 e. The summed E-state index contributed by atoms with van der Waals surface area (Å²) in [5.74, 6) is -0.368. The van der Waals surface area contributed by atoms with Crippen LogP contribution in [0.4, 0.5) is 13.2 Å². The van der Waals surface area contributed by atoms with Gasteiger partial charge in [-0.2, -0.15) is 13.2 Å². The first kappa shape index (κ1) is 13.3. The number of carbonyl (C=O) groups excluding carboxylic acids is 1. The third-order valence-electron chi connectivity index (χ3n) is 2.70. The molecule has 1 amide bonds. The quantitative estimate of drug-likeness (QED) is 0.697. The maximum Gasteiger partial charge on any atom is 0.419 e. The standard InChI is InChI=1S/C10H16F3NO2/c1-8(2,3)7(15)14-5-4-9(16,6-14)10(11,12)13/h16H,4-6H2,1-3H3/t9-/m0/s1. The monoisotopic (exact) mass is 239 g/mol. The van der Waals surface area contributed by atoms with E-state index in [4.69, 9.17) is 0 Å². The summed E-state index contributed by atoms with van der Waals surface area (Å²) in [5, 5.41) is 9.39. The van der Waals surface area contributed by atoms with E-state index < -0.39 is 30.2 Å². The van der Waals surface area contributed by atoms with Gasteiger partial charge in [-0.3, -0.25) is 4.79 Å². The van der Waals surface area contributed by atoms with Crippen molar-refractivity contribution >= 4 is 5.91 Å². The lowest BCUT2D eigenvalue weighted by Crippen LogP contribution is -2.49. The molecule has 1 fully saturated rings. The van der Waals surface area contributed by atoms with Crippen LogP contribution < -0.4 is 0 Å². The molecule has 1 N–H and O–H groups in total. The highest BCUT2D eigenvalue weighted by Crippen LogP contribution is 2.38. The molecule has 0 aliphatic carbocycles. The van der Waals surface area contributed by atoms with Gasteiger partial charge in [-0.05, 0) is 0 Å². The number of carbonyl (C=O) groups is 1. The molecule has 0 aromatic carbocycles. The summed E-state index contributed by atoms with van der Waals surface area (Å²) in [7, 11) is 0. The van der Waals surface area contributed by atoms with Gasteiger partial charge in [-0.25, -0.2) is 0 Å². The Morgan fingerprint density at radius 2 is 1.81 bits per heavy atom. The number of rotatable bonds is 0. The highest BCUT2D eigenvalue weighted by Gasteiger charge is 2.58. The van der Waals surface area contributed by atoms with Crippen molar-refractivity contribution in [3.8, 4) is 0 Å². The van der Waals surface area contributed by atoms with Gasteiger partial charge in [0.05, 0.1) is 6.54 Å². The summed E-state index contributed by atoms with van der Waals surface area (Å²) in [4.78, 5) is 12.8. The van der Waals surface area contributed by atoms with E-state index >= 15 is 0 Å². The Balaban J connectivity index is 2.77. The lowest BCUT2D eigenvalue weighted by Gasteiger charge is -2.28. The number of likely N-dealkylation sites (tertiary alicyclic amines) is 1. The summed E-state index contributed by atoms with van der Waals surface area (Å²) in [5.41, 5.74) is -3.47. The molecule has 1 aliphatic heterocycles. The van der Waals surface area contributed by atoms with Crippen molar-refractivity contribution in [2.45, 2.75) is 39.0 Å². The normalized spacial score (nSPS) is 27.3. The van der Waals surface area contributed by atoms with Crippen molar-refractivity contribution in [2.75, 3.05) is 13.1 Å². The number of amides is 1. The molecule has 1 aliphatic rings. The molecule has 0 unspecified atom stereocenters. The Labute approximate surface area is 92.2 Å². The zero-order chi connectivity index (χ0) is 12.8. The summed E-state index contributed by atoms with van der Waals surface area (Å²) in [6.07, 6.45) is -5.13. The van der Waals surface area contributed by atoms with E-state index in [1.807, 2.05) is 0 Å². The molecule has 1 atom stereocenters. The minimum absolute atomic E-state index is 0.0495. The number of alkyl halides is 3. The van der Waals surface area contributed by atoms with E-state index in [1.165, 1.54) is 0 Å². The maximum atomic E-state index is 12.5. The van der Waals surface area contributed by atoms with Gasteiger partial charge in [0.2, 0.25) is 5.91 Å². The fourth-order valence-electron chi connectivity index (χ4n) is 1.67. The van der Waals surface area contributed by atoms with Crippen LogP contribution in [0.1, 0.15) is 27.2 Å². The van der Waals surface area contributed by atoms with Gasteiger partial charge in [0, 0.05) is 18.4 Å². The molecular formula is C10H16F3NO2. The van der Waals surface area contributed by atoms with E-state index in [0.29, 0.717) is 0 Å². The molecule has 3 nitrogen and oxygen atoms in total.